The average Bonchev–Trinajstić information content (AvgIpc) is 3.60. The molecule has 62 heavy (non-hydrogen) atoms. The highest BCUT2D eigenvalue weighted by molar-refractivity contribution is 6.33. The van der Waals surface area contributed by atoms with E-state index in [0.717, 1.165) is 11.4 Å². The van der Waals surface area contributed by atoms with Crippen molar-refractivity contribution in [3.8, 4) is 0 Å². The first-order valence-corrected chi connectivity index (χ1v) is 20.6. The Morgan fingerprint density at radius 3 is 2.47 bits per heavy atom. The van der Waals surface area contributed by atoms with Crippen molar-refractivity contribution < 1.29 is 33.5 Å². The van der Waals surface area contributed by atoms with E-state index < -0.39 is 11.9 Å². The molecule has 1 atom stereocenters. The fourth-order valence-corrected chi connectivity index (χ4v) is 7.41. The lowest BCUT2D eigenvalue weighted by Crippen LogP contribution is -2.52. The van der Waals surface area contributed by atoms with Crippen LogP contribution in [0.25, 0.3) is 0 Å². The minimum atomic E-state index is -0.706. The number of aromatic nitrogens is 2. The van der Waals surface area contributed by atoms with E-state index in [-0.39, 0.29) is 62.3 Å². The highest BCUT2D eigenvalue weighted by atomic mass is 35.5. The van der Waals surface area contributed by atoms with Gasteiger partial charge in [0.25, 0.3) is 11.8 Å². The number of fused-ring (bicyclic) bond motifs is 1. The maximum atomic E-state index is 12.9. The van der Waals surface area contributed by atoms with Gasteiger partial charge in [-0.05, 0) is 66.6 Å². The number of amides is 7. The van der Waals surface area contributed by atoms with Crippen molar-refractivity contribution in [3.05, 3.63) is 94.6 Å². The zero-order chi connectivity index (χ0) is 43.6. The van der Waals surface area contributed by atoms with E-state index >= 15 is 0 Å². The zero-order valence-corrected chi connectivity index (χ0v) is 34.7. The third-order valence-electron chi connectivity index (χ3n) is 10.5. The molecule has 0 saturated carbocycles. The molecule has 3 aromatic carbocycles. The molecule has 7 rings (SSSR count). The Labute approximate surface area is 362 Å². The highest BCUT2D eigenvalue weighted by Gasteiger charge is 2.39. The Bertz CT molecular complexity index is 2320. The summed E-state index contributed by atoms with van der Waals surface area (Å²) in [6, 6.07) is 19.0. The number of carbonyl (C=O) groups is 6. The number of piperidine rings is 1. The predicted molar refractivity (Wildman–Crippen MR) is 232 cm³/mol. The summed E-state index contributed by atoms with van der Waals surface area (Å²) in [5, 5.41) is 20.4. The molecule has 324 valence electrons. The summed E-state index contributed by atoms with van der Waals surface area (Å²) in [6.45, 7) is 4.23. The number of imide groups is 1. The molecular weight excluding hydrogens is 820 g/mol. The number of urea groups is 1. The van der Waals surface area contributed by atoms with E-state index in [4.69, 9.17) is 16.3 Å². The molecule has 7 N–H and O–H groups in total. The lowest BCUT2D eigenvalue weighted by Gasteiger charge is -2.36. The van der Waals surface area contributed by atoms with Crippen LogP contribution in [0, 0.1) is 0 Å². The fourth-order valence-electron chi connectivity index (χ4n) is 7.27. The van der Waals surface area contributed by atoms with Crippen LogP contribution >= 0.6 is 11.6 Å². The Morgan fingerprint density at radius 1 is 0.919 bits per heavy atom. The van der Waals surface area contributed by atoms with Crippen molar-refractivity contribution in [2.75, 3.05) is 86.9 Å². The molecule has 0 spiro atoms. The van der Waals surface area contributed by atoms with Crippen LogP contribution in [-0.4, -0.2) is 127 Å². The van der Waals surface area contributed by atoms with E-state index in [9.17, 15) is 28.8 Å². The maximum Gasteiger partial charge on any atom is 0.317 e. The molecule has 4 heterocycles. The summed E-state index contributed by atoms with van der Waals surface area (Å²) in [5.74, 6) is -1.02. The van der Waals surface area contributed by atoms with Gasteiger partial charge in [0.1, 0.15) is 17.7 Å². The van der Waals surface area contributed by atoms with Gasteiger partial charge in [0, 0.05) is 88.5 Å². The molecule has 2 fully saturated rings. The van der Waals surface area contributed by atoms with Gasteiger partial charge in [-0.15, -0.1) is 0 Å². The minimum absolute atomic E-state index is 0.132. The second-order valence-electron chi connectivity index (χ2n) is 14.6. The van der Waals surface area contributed by atoms with Crippen LogP contribution in [0.3, 0.4) is 0 Å². The van der Waals surface area contributed by atoms with E-state index in [1.54, 1.807) is 48.3 Å². The number of hydrogen-bond acceptors (Lipinski definition) is 13. The van der Waals surface area contributed by atoms with E-state index in [0.29, 0.717) is 90.7 Å². The Morgan fingerprint density at radius 2 is 1.69 bits per heavy atom. The predicted octanol–water partition coefficient (Wildman–Crippen LogP) is 2.81. The zero-order valence-electron chi connectivity index (χ0n) is 34.0. The Hall–Kier alpha value is -6.83. The van der Waals surface area contributed by atoms with Crippen molar-refractivity contribution in [3.63, 3.8) is 0 Å². The quantitative estimate of drug-likeness (QED) is 0.0636. The van der Waals surface area contributed by atoms with Crippen molar-refractivity contribution >= 4 is 81.7 Å². The number of hydrogen-bond donors (Lipinski definition) is 7. The van der Waals surface area contributed by atoms with Crippen molar-refractivity contribution in [2.24, 2.45) is 0 Å². The smallest absolute Gasteiger partial charge is 0.317 e. The summed E-state index contributed by atoms with van der Waals surface area (Å²) in [7, 11) is 1.57. The third kappa shape index (κ3) is 10.7. The van der Waals surface area contributed by atoms with Crippen LogP contribution in [-0.2, 0) is 25.7 Å². The molecule has 7 amide bonds. The largest absolute Gasteiger partial charge is 0.370 e. The number of nitrogens with zero attached hydrogens (tertiary/aromatic N) is 5. The average molecular weight is 867 g/mol. The molecule has 0 radical (unpaired) electrons. The first-order chi connectivity index (χ1) is 30.1. The normalized spacial score (nSPS) is 16.1. The number of piperazine rings is 1. The SMILES string of the molecule is CNC(=O)c1ccccc1Nc1nc(Nc2ccc(N3CCN(C(=O)NCCNCCOCC(=O)Nc4ccc5c(c4)CN(C4CCC(=O)NC4=O)C5=O)CC3)cc2)ncc1Cl. The van der Waals surface area contributed by atoms with Gasteiger partial charge < -0.3 is 51.3 Å². The second-order valence-corrected chi connectivity index (χ2v) is 15.0. The number of para-hydroxylation sites is 1. The summed E-state index contributed by atoms with van der Waals surface area (Å²) >= 11 is 6.38. The second kappa shape index (κ2) is 20.2. The Kier molecular flexibility index (Phi) is 14.1. The first-order valence-electron chi connectivity index (χ1n) is 20.2. The van der Waals surface area contributed by atoms with Gasteiger partial charge in [-0.3, -0.25) is 29.3 Å². The lowest BCUT2D eigenvalue weighted by molar-refractivity contribution is -0.137. The highest BCUT2D eigenvalue weighted by Crippen LogP contribution is 2.30. The Balaban J connectivity index is 0.754. The number of ether oxygens (including phenoxy) is 1. The molecule has 0 bridgehead atoms. The molecule has 2 saturated heterocycles. The van der Waals surface area contributed by atoms with Gasteiger partial charge >= 0.3 is 6.03 Å². The number of rotatable bonds is 16. The molecule has 3 aliphatic heterocycles. The van der Waals surface area contributed by atoms with Crippen LogP contribution in [0.4, 0.5) is 39.3 Å². The van der Waals surface area contributed by atoms with Crippen LogP contribution in [0.5, 0.6) is 0 Å². The van der Waals surface area contributed by atoms with Gasteiger partial charge in [0.2, 0.25) is 23.7 Å². The molecule has 3 aliphatic rings. The van der Waals surface area contributed by atoms with Crippen LogP contribution in [0.2, 0.25) is 5.02 Å². The molecule has 1 aromatic heterocycles. The summed E-state index contributed by atoms with van der Waals surface area (Å²) in [4.78, 5) is 88.6. The molecule has 19 nitrogen and oxygen atoms in total. The van der Waals surface area contributed by atoms with E-state index in [1.165, 1.54) is 11.1 Å². The van der Waals surface area contributed by atoms with Gasteiger partial charge in [-0.25, -0.2) is 9.78 Å². The first kappa shape index (κ1) is 43.3. The topological polar surface area (TPSA) is 231 Å². The number of halogens is 1. The van der Waals surface area contributed by atoms with E-state index in [1.807, 2.05) is 30.3 Å². The van der Waals surface area contributed by atoms with Crippen molar-refractivity contribution in [1.29, 1.82) is 0 Å². The van der Waals surface area contributed by atoms with Gasteiger partial charge in [-0.1, -0.05) is 23.7 Å². The third-order valence-corrected chi connectivity index (χ3v) is 10.8. The van der Waals surface area contributed by atoms with Crippen molar-refractivity contribution in [2.45, 2.75) is 25.4 Å². The number of anilines is 6. The molecular formula is C42H47ClN12O7. The standard InChI is InChI=1S/C42H47ClN12O7/c1-44-38(58)31-4-2-3-5-33(31)50-37-32(43)23-47-41(52-37)49-27-6-9-29(10-7-27)53-17-19-54(20-18-53)42(61)46-15-14-45-16-21-62-25-36(57)48-28-8-11-30-26(22-28)24-55(40(30)60)34-12-13-35(56)51-39(34)59/h2-11,22-23,34,45H,12-21,24-25H2,1H3,(H,44,58)(H,46,61)(H,48,57)(H,51,56,59)(H2,47,49,50,52). The molecule has 1 unspecified atom stereocenters. The summed E-state index contributed by atoms with van der Waals surface area (Å²) in [6.07, 6.45) is 1.94. The van der Waals surface area contributed by atoms with Crippen LogP contribution in [0.15, 0.2) is 72.9 Å². The summed E-state index contributed by atoms with van der Waals surface area (Å²) < 4.78 is 5.50. The van der Waals surface area contributed by atoms with Gasteiger partial charge in [0.05, 0.1) is 24.1 Å². The van der Waals surface area contributed by atoms with Gasteiger partial charge in [0.15, 0.2) is 5.82 Å². The van der Waals surface area contributed by atoms with Gasteiger partial charge in [-0.2, -0.15) is 4.98 Å². The number of benzene rings is 3. The van der Waals surface area contributed by atoms with Crippen LogP contribution in [0.1, 0.15) is 39.1 Å². The minimum Gasteiger partial charge on any atom is -0.370 e. The van der Waals surface area contributed by atoms with Crippen LogP contribution < -0.4 is 42.1 Å². The maximum absolute atomic E-state index is 12.9. The monoisotopic (exact) mass is 866 g/mol. The number of nitrogens with one attached hydrogen (secondary N) is 7. The van der Waals surface area contributed by atoms with Crippen molar-refractivity contribution in [1.82, 2.24) is 41.0 Å². The molecule has 0 aliphatic carbocycles. The number of carbonyl (C=O) groups excluding carboxylic acids is 6. The molecule has 4 aromatic rings. The fraction of sp³-hybridized carbons (Fsp3) is 0.333. The molecule has 20 heteroatoms. The summed E-state index contributed by atoms with van der Waals surface area (Å²) in [5.41, 5.74) is 4.45. The lowest BCUT2D eigenvalue weighted by atomic mass is 10.0. The van der Waals surface area contributed by atoms with E-state index in [2.05, 4.69) is 52.1 Å².